The molecule has 0 spiro atoms. The molecule has 0 radical (unpaired) electrons. The summed E-state index contributed by atoms with van der Waals surface area (Å²) in [5, 5.41) is 11.6. The number of carboxylic acids is 1. The maximum Gasteiger partial charge on any atom is 0.305 e. The number of nitrogens with one attached hydrogen (secondary N) is 1. The minimum atomic E-state index is -0.915. The molecule has 0 aliphatic carbocycles. The van der Waals surface area contributed by atoms with Crippen molar-refractivity contribution in [1.29, 1.82) is 0 Å². The van der Waals surface area contributed by atoms with Gasteiger partial charge in [0.2, 0.25) is 5.91 Å². The van der Waals surface area contributed by atoms with E-state index >= 15 is 0 Å². The van der Waals surface area contributed by atoms with Crippen LogP contribution in [0.3, 0.4) is 0 Å². The van der Waals surface area contributed by atoms with Crippen molar-refractivity contribution in [2.24, 2.45) is 5.92 Å². The fraction of sp³-hybridized carbons (Fsp3) is 0.833. The number of carboxylic acid groups (broad SMARTS) is 1. The Morgan fingerprint density at radius 1 is 1.53 bits per heavy atom. The summed E-state index contributed by atoms with van der Waals surface area (Å²) in [4.78, 5) is 24.5. The zero-order valence-corrected chi connectivity index (χ0v) is 10.6. The van der Waals surface area contributed by atoms with Crippen LogP contribution in [0.5, 0.6) is 0 Å². The Labute approximate surface area is 102 Å². The topological polar surface area (TPSA) is 69.6 Å². The number of rotatable bonds is 6. The monoisotopic (exact) mass is 242 g/mol. The first kappa shape index (κ1) is 14.0. The number of piperazine rings is 1. The van der Waals surface area contributed by atoms with Gasteiger partial charge in [-0.1, -0.05) is 26.7 Å². The summed E-state index contributed by atoms with van der Waals surface area (Å²) in [5.41, 5.74) is 0. The quantitative estimate of drug-likeness (QED) is 0.719. The lowest BCUT2D eigenvalue weighted by Crippen LogP contribution is -2.56. The molecule has 2 N–H and O–H groups in total. The van der Waals surface area contributed by atoms with E-state index in [9.17, 15) is 9.59 Å². The van der Waals surface area contributed by atoms with Crippen molar-refractivity contribution in [3.05, 3.63) is 0 Å². The van der Waals surface area contributed by atoms with E-state index in [1.54, 1.807) is 0 Å². The summed E-state index contributed by atoms with van der Waals surface area (Å²) in [5.74, 6) is -0.525. The molecule has 0 aromatic carbocycles. The normalized spacial score (nSPS) is 21.6. The predicted molar refractivity (Wildman–Crippen MR) is 64.7 cm³/mol. The molecule has 5 heteroatoms. The van der Waals surface area contributed by atoms with Crippen LogP contribution in [0, 0.1) is 5.92 Å². The van der Waals surface area contributed by atoms with Gasteiger partial charge in [0.05, 0.1) is 12.5 Å². The van der Waals surface area contributed by atoms with Crippen molar-refractivity contribution >= 4 is 11.9 Å². The first-order chi connectivity index (χ1) is 8.08. The largest absolute Gasteiger partial charge is 0.481 e. The minimum Gasteiger partial charge on any atom is -0.481 e. The lowest BCUT2D eigenvalue weighted by atomic mass is 10.00. The Kier molecular flexibility index (Phi) is 5.41. The molecule has 1 heterocycles. The van der Waals surface area contributed by atoms with Crippen molar-refractivity contribution in [2.75, 3.05) is 19.6 Å². The maximum absolute atomic E-state index is 11.7. The van der Waals surface area contributed by atoms with Crippen molar-refractivity contribution < 1.29 is 14.7 Å². The molecule has 1 unspecified atom stereocenters. The van der Waals surface area contributed by atoms with Gasteiger partial charge in [0.25, 0.3) is 0 Å². The number of nitrogens with zero attached hydrogens (tertiary/aromatic N) is 1. The Morgan fingerprint density at radius 2 is 2.18 bits per heavy atom. The highest BCUT2D eigenvalue weighted by Gasteiger charge is 2.32. The van der Waals surface area contributed by atoms with Crippen molar-refractivity contribution in [2.45, 2.75) is 39.2 Å². The highest BCUT2D eigenvalue weighted by atomic mass is 16.4. The molecule has 1 aliphatic heterocycles. The number of hydrogen-bond donors (Lipinski definition) is 2. The number of carbonyl (C=O) groups excluding carboxylic acids is 1. The van der Waals surface area contributed by atoms with Crippen LogP contribution in [0.4, 0.5) is 0 Å². The summed E-state index contributed by atoms with van der Waals surface area (Å²) in [6, 6.07) is -0.498. The fourth-order valence-corrected chi connectivity index (χ4v) is 2.25. The van der Waals surface area contributed by atoms with Crippen LogP contribution < -0.4 is 5.32 Å². The molecular weight excluding hydrogens is 220 g/mol. The summed E-state index contributed by atoms with van der Waals surface area (Å²) >= 11 is 0. The first-order valence-corrected chi connectivity index (χ1v) is 6.32. The Balaban J connectivity index is 2.64. The molecule has 17 heavy (non-hydrogen) atoms. The second kappa shape index (κ2) is 6.59. The zero-order valence-electron chi connectivity index (χ0n) is 10.6. The Bertz CT molecular complexity index is 277. The molecule has 1 rings (SSSR count). The van der Waals surface area contributed by atoms with Gasteiger partial charge in [-0.05, 0) is 5.92 Å². The second-order valence-corrected chi connectivity index (χ2v) is 4.58. The third kappa shape index (κ3) is 4.00. The highest BCUT2D eigenvalue weighted by molar-refractivity contribution is 5.86. The van der Waals surface area contributed by atoms with Gasteiger partial charge in [-0.25, -0.2) is 0 Å². The van der Waals surface area contributed by atoms with E-state index in [4.69, 9.17) is 5.11 Å². The molecule has 0 saturated carbocycles. The van der Waals surface area contributed by atoms with Crippen LogP contribution in [-0.2, 0) is 9.59 Å². The third-order valence-corrected chi connectivity index (χ3v) is 3.46. The average molecular weight is 242 g/mol. The standard InChI is InChI=1S/C12H22N2O3/c1-3-9(4-2)8-14-6-5-13-12(17)10(14)7-11(15)16/h9-10H,3-8H2,1-2H3,(H,13,17)(H,15,16). The molecule has 1 fully saturated rings. The molecule has 0 bridgehead atoms. The van der Waals surface area contributed by atoms with Gasteiger partial charge in [0.1, 0.15) is 0 Å². The van der Waals surface area contributed by atoms with Crippen LogP contribution in [0.15, 0.2) is 0 Å². The number of aliphatic carboxylic acids is 1. The summed E-state index contributed by atoms with van der Waals surface area (Å²) in [6.45, 7) is 6.45. The summed E-state index contributed by atoms with van der Waals surface area (Å²) in [7, 11) is 0. The van der Waals surface area contributed by atoms with E-state index in [2.05, 4.69) is 19.2 Å². The molecule has 1 amide bonds. The molecule has 5 nitrogen and oxygen atoms in total. The van der Waals surface area contributed by atoms with Crippen LogP contribution in [0.25, 0.3) is 0 Å². The minimum absolute atomic E-state index is 0.105. The smallest absolute Gasteiger partial charge is 0.305 e. The lowest BCUT2D eigenvalue weighted by Gasteiger charge is -2.36. The van der Waals surface area contributed by atoms with Crippen LogP contribution in [0.2, 0.25) is 0 Å². The fourth-order valence-electron chi connectivity index (χ4n) is 2.25. The van der Waals surface area contributed by atoms with Crippen molar-refractivity contribution in [1.82, 2.24) is 10.2 Å². The molecular formula is C12H22N2O3. The van der Waals surface area contributed by atoms with E-state index in [1.165, 1.54) is 0 Å². The van der Waals surface area contributed by atoms with Gasteiger partial charge in [0, 0.05) is 19.6 Å². The van der Waals surface area contributed by atoms with Crippen molar-refractivity contribution in [3.63, 3.8) is 0 Å². The van der Waals surface area contributed by atoms with Gasteiger partial charge >= 0.3 is 5.97 Å². The van der Waals surface area contributed by atoms with E-state index in [0.717, 1.165) is 25.9 Å². The molecule has 98 valence electrons. The van der Waals surface area contributed by atoms with E-state index in [1.807, 2.05) is 4.90 Å². The van der Waals surface area contributed by atoms with Crippen LogP contribution >= 0.6 is 0 Å². The second-order valence-electron chi connectivity index (χ2n) is 4.58. The molecule has 0 aromatic rings. The Hall–Kier alpha value is -1.10. The molecule has 0 aromatic heterocycles. The van der Waals surface area contributed by atoms with Gasteiger partial charge in [-0.2, -0.15) is 0 Å². The summed E-state index contributed by atoms with van der Waals surface area (Å²) in [6.07, 6.45) is 2.02. The lowest BCUT2D eigenvalue weighted by molar-refractivity contribution is -0.143. The van der Waals surface area contributed by atoms with Gasteiger partial charge in [-0.3, -0.25) is 14.5 Å². The number of carbonyl (C=O) groups is 2. The molecule has 1 saturated heterocycles. The van der Waals surface area contributed by atoms with Crippen LogP contribution in [-0.4, -0.2) is 47.6 Å². The van der Waals surface area contributed by atoms with E-state index in [0.29, 0.717) is 12.5 Å². The maximum atomic E-state index is 11.7. The first-order valence-electron chi connectivity index (χ1n) is 6.32. The number of amides is 1. The summed E-state index contributed by atoms with van der Waals surface area (Å²) < 4.78 is 0. The third-order valence-electron chi connectivity index (χ3n) is 3.46. The van der Waals surface area contributed by atoms with Gasteiger partial charge < -0.3 is 10.4 Å². The predicted octanol–water partition coefficient (Wildman–Crippen LogP) is 0.698. The number of hydrogen-bond acceptors (Lipinski definition) is 3. The van der Waals surface area contributed by atoms with Crippen molar-refractivity contribution in [3.8, 4) is 0 Å². The van der Waals surface area contributed by atoms with E-state index in [-0.39, 0.29) is 12.3 Å². The van der Waals surface area contributed by atoms with Gasteiger partial charge in [0.15, 0.2) is 0 Å². The van der Waals surface area contributed by atoms with E-state index < -0.39 is 12.0 Å². The zero-order chi connectivity index (χ0) is 12.8. The SMILES string of the molecule is CCC(CC)CN1CCNC(=O)C1CC(=O)O. The Morgan fingerprint density at radius 3 is 2.71 bits per heavy atom. The molecule has 1 atom stereocenters. The van der Waals surface area contributed by atoms with Gasteiger partial charge in [-0.15, -0.1) is 0 Å². The molecule has 1 aliphatic rings. The van der Waals surface area contributed by atoms with Crippen LogP contribution in [0.1, 0.15) is 33.1 Å². The highest BCUT2D eigenvalue weighted by Crippen LogP contribution is 2.15. The average Bonchev–Trinajstić information content (AvgIpc) is 2.29.